The smallest absolute Gasteiger partial charge is 0.0782 e. The van der Waals surface area contributed by atoms with Gasteiger partial charge in [0.15, 0.2) is 0 Å². The van der Waals surface area contributed by atoms with Crippen LogP contribution in [0.2, 0.25) is 0 Å². The molecular formula is C54H36N2. The molecule has 1 aromatic heterocycles. The van der Waals surface area contributed by atoms with Gasteiger partial charge < -0.3 is 9.47 Å². The molecule has 1 heterocycles. The molecule has 0 N–H and O–H groups in total. The van der Waals surface area contributed by atoms with Crippen LogP contribution in [0.15, 0.2) is 218 Å². The molecular weight excluding hydrogens is 677 g/mol. The second-order valence-electron chi connectivity index (χ2n) is 14.5. The lowest BCUT2D eigenvalue weighted by Crippen LogP contribution is -2.11. The van der Waals surface area contributed by atoms with Crippen LogP contribution in [0.4, 0.5) is 17.1 Å². The van der Waals surface area contributed by atoms with Crippen molar-refractivity contribution in [1.29, 1.82) is 0 Å². The van der Waals surface area contributed by atoms with Crippen molar-refractivity contribution in [3.05, 3.63) is 218 Å². The number of para-hydroxylation sites is 3. The summed E-state index contributed by atoms with van der Waals surface area (Å²) in [5.74, 6) is 0. The molecule has 0 atom stereocenters. The second-order valence-corrected chi connectivity index (χ2v) is 14.5. The van der Waals surface area contributed by atoms with E-state index in [9.17, 15) is 0 Å². The van der Waals surface area contributed by atoms with Crippen LogP contribution in [0.1, 0.15) is 0 Å². The monoisotopic (exact) mass is 712 g/mol. The Morgan fingerprint density at radius 1 is 0.321 bits per heavy atom. The number of hydrogen-bond donors (Lipinski definition) is 0. The van der Waals surface area contributed by atoms with Crippen molar-refractivity contribution in [2.45, 2.75) is 0 Å². The molecule has 0 spiro atoms. The van der Waals surface area contributed by atoms with Gasteiger partial charge in [0, 0.05) is 27.8 Å². The van der Waals surface area contributed by atoms with Crippen molar-refractivity contribution < 1.29 is 0 Å². The fraction of sp³-hybridized carbons (Fsp3) is 0. The molecule has 0 fully saturated rings. The quantitative estimate of drug-likeness (QED) is 0.156. The third kappa shape index (κ3) is 5.19. The highest BCUT2D eigenvalue weighted by Crippen LogP contribution is 2.45. The molecule has 10 aromatic carbocycles. The van der Waals surface area contributed by atoms with E-state index in [1.165, 1.54) is 76.4 Å². The Morgan fingerprint density at radius 3 is 1.77 bits per heavy atom. The van der Waals surface area contributed by atoms with Crippen molar-refractivity contribution >= 4 is 71.2 Å². The highest BCUT2D eigenvalue weighted by Gasteiger charge is 2.22. The van der Waals surface area contributed by atoms with Crippen LogP contribution in [0.25, 0.3) is 82.1 Å². The van der Waals surface area contributed by atoms with Gasteiger partial charge in [-0.15, -0.1) is 0 Å². The number of rotatable bonds is 6. The summed E-state index contributed by atoms with van der Waals surface area (Å²) in [5, 5.41) is 10.1. The third-order valence-electron chi connectivity index (χ3n) is 11.3. The van der Waals surface area contributed by atoms with Crippen molar-refractivity contribution in [3.63, 3.8) is 0 Å². The number of aromatic nitrogens is 1. The zero-order valence-electron chi connectivity index (χ0n) is 30.7. The molecule has 2 nitrogen and oxygen atoms in total. The maximum Gasteiger partial charge on any atom is 0.0782 e. The lowest BCUT2D eigenvalue weighted by Gasteiger charge is -2.28. The summed E-state index contributed by atoms with van der Waals surface area (Å²) in [7, 11) is 0. The van der Waals surface area contributed by atoms with Crippen molar-refractivity contribution in [1.82, 2.24) is 4.57 Å². The summed E-state index contributed by atoms with van der Waals surface area (Å²) in [6.07, 6.45) is 0. The fourth-order valence-corrected chi connectivity index (χ4v) is 8.80. The average molecular weight is 713 g/mol. The molecule has 11 aromatic rings. The highest BCUT2D eigenvalue weighted by molar-refractivity contribution is 6.21. The molecule has 0 aliphatic heterocycles. The Morgan fingerprint density at radius 2 is 0.946 bits per heavy atom. The van der Waals surface area contributed by atoms with Crippen LogP contribution >= 0.6 is 0 Å². The minimum absolute atomic E-state index is 1.09. The third-order valence-corrected chi connectivity index (χ3v) is 11.3. The first-order valence-corrected chi connectivity index (χ1v) is 19.3. The summed E-state index contributed by atoms with van der Waals surface area (Å²) >= 11 is 0. The Balaban J connectivity index is 1.15. The lowest BCUT2D eigenvalue weighted by molar-refractivity contribution is 1.17. The first-order valence-electron chi connectivity index (χ1n) is 19.3. The SMILES string of the molecule is c1ccc(-c2cccc(N(c3ccc(-c4cc5c6ccccc6ccc5c5ccccc45)cc3)c3cccc4c5ccccc5n(-c5ccccc5)c34)c2)cc1. The van der Waals surface area contributed by atoms with E-state index in [4.69, 9.17) is 0 Å². The highest BCUT2D eigenvalue weighted by atomic mass is 15.2. The van der Waals surface area contributed by atoms with E-state index in [-0.39, 0.29) is 0 Å². The molecule has 0 bridgehead atoms. The van der Waals surface area contributed by atoms with E-state index >= 15 is 0 Å². The van der Waals surface area contributed by atoms with Gasteiger partial charge in [0.2, 0.25) is 0 Å². The van der Waals surface area contributed by atoms with Gasteiger partial charge in [-0.2, -0.15) is 0 Å². The van der Waals surface area contributed by atoms with E-state index in [0.717, 1.165) is 22.7 Å². The van der Waals surface area contributed by atoms with Crippen LogP contribution < -0.4 is 4.90 Å². The zero-order valence-corrected chi connectivity index (χ0v) is 30.7. The Bertz CT molecular complexity index is 3230. The predicted octanol–water partition coefficient (Wildman–Crippen LogP) is 15.0. The molecule has 262 valence electrons. The van der Waals surface area contributed by atoms with Crippen molar-refractivity contribution in [3.8, 4) is 27.9 Å². The van der Waals surface area contributed by atoms with Gasteiger partial charge >= 0.3 is 0 Å². The first-order chi connectivity index (χ1) is 27.8. The molecule has 0 aliphatic carbocycles. The van der Waals surface area contributed by atoms with E-state index < -0.39 is 0 Å². The lowest BCUT2D eigenvalue weighted by atomic mass is 9.91. The second kappa shape index (κ2) is 13.2. The van der Waals surface area contributed by atoms with Crippen molar-refractivity contribution in [2.24, 2.45) is 0 Å². The number of hydrogen-bond acceptors (Lipinski definition) is 1. The van der Waals surface area contributed by atoms with Gasteiger partial charge in [-0.25, -0.2) is 0 Å². The number of fused-ring (bicyclic) bond motifs is 8. The topological polar surface area (TPSA) is 8.17 Å². The summed E-state index contributed by atoms with van der Waals surface area (Å²) in [6.45, 7) is 0. The fourth-order valence-electron chi connectivity index (χ4n) is 8.80. The summed E-state index contributed by atoms with van der Waals surface area (Å²) in [4.78, 5) is 2.43. The summed E-state index contributed by atoms with van der Waals surface area (Å²) < 4.78 is 2.42. The first kappa shape index (κ1) is 32.0. The zero-order chi connectivity index (χ0) is 37.0. The van der Waals surface area contributed by atoms with Gasteiger partial charge in [0.1, 0.15) is 0 Å². The molecule has 0 aliphatic rings. The average Bonchev–Trinajstić information content (AvgIpc) is 3.62. The molecule has 0 amide bonds. The number of anilines is 3. The van der Waals surface area contributed by atoms with Crippen LogP contribution in [0.5, 0.6) is 0 Å². The van der Waals surface area contributed by atoms with Crippen LogP contribution in [0, 0.1) is 0 Å². The Kier molecular flexibility index (Phi) is 7.53. The Hall–Kier alpha value is -7.42. The molecule has 0 saturated carbocycles. The Labute approximate surface area is 325 Å². The maximum absolute atomic E-state index is 2.43. The summed E-state index contributed by atoms with van der Waals surface area (Å²) in [5.41, 5.74) is 11.6. The normalized spacial score (nSPS) is 11.6. The predicted molar refractivity (Wildman–Crippen MR) is 239 cm³/mol. The standard InChI is InChI=1S/C54H36N2/c1-3-15-37(16-4-1)40-18-13-21-43(35-40)55(53-28-14-26-49-48-25-11-12-27-52(48)56(54(49)53)41-19-5-2-6-20-41)42-32-29-39(30-33-42)50-36-51-44-22-8-7-17-38(44)31-34-47(51)45-23-9-10-24-46(45)50/h1-36H. The van der Waals surface area contributed by atoms with E-state index in [2.05, 4.69) is 228 Å². The number of nitrogens with zero attached hydrogens (tertiary/aromatic N) is 2. The molecule has 0 saturated heterocycles. The summed E-state index contributed by atoms with van der Waals surface area (Å²) in [6, 6.07) is 79.5. The largest absolute Gasteiger partial charge is 0.308 e. The van der Waals surface area contributed by atoms with Gasteiger partial charge in [-0.1, -0.05) is 164 Å². The van der Waals surface area contributed by atoms with Crippen LogP contribution in [0.3, 0.4) is 0 Å². The molecule has 11 rings (SSSR count). The minimum Gasteiger partial charge on any atom is -0.308 e. The minimum atomic E-state index is 1.09. The van der Waals surface area contributed by atoms with Gasteiger partial charge in [0.05, 0.1) is 16.7 Å². The van der Waals surface area contributed by atoms with Gasteiger partial charge in [-0.3, -0.25) is 0 Å². The van der Waals surface area contributed by atoms with Gasteiger partial charge in [-0.05, 0) is 109 Å². The van der Waals surface area contributed by atoms with E-state index in [0.29, 0.717) is 0 Å². The molecule has 0 unspecified atom stereocenters. The molecule has 0 radical (unpaired) electrons. The van der Waals surface area contributed by atoms with Crippen LogP contribution in [-0.4, -0.2) is 4.57 Å². The van der Waals surface area contributed by atoms with E-state index in [1.807, 2.05) is 0 Å². The molecule has 56 heavy (non-hydrogen) atoms. The van der Waals surface area contributed by atoms with Crippen LogP contribution in [-0.2, 0) is 0 Å². The number of benzene rings is 10. The molecule has 2 heteroatoms. The maximum atomic E-state index is 2.43. The van der Waals surface area contributed by atoms with Gasteiger partial charge in [0.25, 0.3) is 0 Å². The van der Waals surface area contributed by atoms with Crippen molar-refractivity contribution in [2.75, 3.05) is 4.90 Å². The van der Waals surface area contributed by atoms with E-state index in [1.54, 1.807) is 0 Å².